The van der Waals surface area contributed by atoms with E-state index in [2.05, 4.69) is 41.4 Å². The van der Waals surface area contributed by atoms with Crippen LogP contribution < -0.4 is 15.1 Å². The van der Waals surface area contributed by atoms with E-state index in [-0.39, 0.29) is 11.4 Å². The molecule has 4 nitrogen and oxygen atoms in total. The van der Waals surface area contributed by atoms with Gasteiger partial charge in [-0.2, -0.15) is 0 Å². The molecule has 1 fully saturated rings. The van der Waals surface area contributed by atoms with Crippen LogP contribution in [0.3, 0.4) is 0 Å². The molecule has 24 heavy (non-hydrogen) atoms. The first-order valence-electron chi connectivity index (χ1n) is 8.62. The minimum absolute atomic E-state index is 0.146. The molecule has 1 saturated heterocycles. The van der Waals surface area contributed by atoms with Gasteiger partial charge in [-0.25, -0.2) is 0 Å². The number of carbonyl (C=O) groups excluding carboxylic acids is 1. The molecule has 2 aromatic rings. The lowest BCUT2D eigenvalue weighted by atomic mass is 9.70. The number of benzene rings is 2. The zero-order valence-electron chi connectivity index (χ0n) is 14.0. The average Bonchev–Trinajstić information content (AvgIpc) is 3.10. The van der Waals surface area contributed by atoms with Gasteiger partial charge in [0, 0.05) is 24.8 Å². The summed E-state index contributed by atoms with van der Waals surface area (Å²) in [5, 5.41) is 3.69. The van der Waals surface area contributed by atoms with E-state index in [0.717, 1.165) is 36.3 Å². The Kier molecular flexibility index (Phi) is 2.50. The average molecular weight is 319 g/mol. The predicted molar refractivity (Wildman–Crippen MR) is 96.6 cm³/mol. The van der Waals surface area contributed by atoms with Crippen LogP contribution in [-0.4, -0.2) is 25.0 Å². The van der Waals surface area contributed by atoms with Crippen LogP contribution in [0.15, 0.2) is 48.5 Å². The Balaban J connectivity index is 1.84. The van der Waals surface area contributed by atoms with E-state index in [1.807, 2.05) is 36.2 Å². The van der Waals surface area contributed by atoms with Gasteiger partial charge in [0.2, 0.25) is 0 Å². The van der Waals surface area contributed by atoms with Crippen molar-refractivity contribution in [1.82, 2.24) is 0 Å². The van der Waals surface area contributed by atoms with Crippen molar-refractivity contribution in [1.29, 1.82) is 0 Å². The number of hydrogen-bond acceptors (Lipinski definition) is 3. The number of fused-ring (bicyclic) bond motifs is 6. The summed E-state index contributed by atoms with van der Waals surface area (Å²) >= 11 is 0. The summed E-state index contributed by atoms with van der Waals surface area (Å²) in [6, 6.07) is 16.6. The van der Waals surface area contributed by atoms with Gasteiger partial charge in [0.1, 0.15) is 0 Å². The number of rotatable bonds is 0. The molecule has 5 rings (SSSR count). The number of hydrogen-bond donors (Lipinski definition) is 1. The van der Waals surface area contributed by atoms with Crippen molar-refractivity contribution < 1.29 is 4.79 Å². The highest BCUT2D eigenvalue weighted by atomic mass is 16.2. The van der Waals surface area contributed by atoms with Crippen molar-refractivity contribution in [3.63, 3.8) is 0 Å². The van der Waals surface area contributed by atoms with E-state index >= 15 is 0 Å². The van der Waals surface area contributed by atoms with Crippen LogP contribution in [0.25, 0.3) is 0 Å². The molecule has 0 aliphatic carbocycles. The summed E-state index contributed by atoms with van der Waals surface area (Å²) in [6.07, 6.45) is 2.11. The van der Waals surface area contributed by atoms with Crippen LogP contribution in [0.4, 0.5) is 17.1 Å². The maximum absolute atomic E-state index is 13.5. The van der Waals surface area contributed by atoms with Crippen molar-refractivity contribution in [2.45, 2.75) is 30.8 Å². The van der Waals surface area contributed by atoms with Gasteiger partial charge < -0.3 is 15.1 Å². The van der Waals surface area contributed by atoms with Gasteiger partial charge in [-0.05, 0) is 38.0 Å². The second kappa shape index (κ2) is 4.32. The molecule has 122 valence electrons. The molecule has 3 aliphatic heterocycles. The van der Waals surface area contributed by atoms with Crippen molar-refractivity contribution >= 4 is 23.0 Å². The molecule has 2 aromatic carbocycles. The molecule has 0 aromatic heterocycles. The smallest absolute Gasteiger partial charge is 0.259 e. The van der Waals surface area contributed by atoms with E-state index in [1.165, 1.54) is 5.69 Å². The molecular weight excluding hydrogens is 298 g/mol. The molecule has 2 atom stereocenters. The number of nitrogens with zero attached hydrogens (tertiary/aromatic N) is 2. The second-order valence-electron chi connectivity index (χ2n) is 7.30. The molecule has 1 spiro atoms. The molecule has 4 heteroatoms. The molecule has 0 bridgehead atoms. The Labute approximate surface area is 142 Å². The van der Waals surface area contributed by atoms with Gasteiger partial charge in [-0.15, -0.1) is 0 Å². The molecule has 3 heterocycles. The minimum atomic E-state index is -0.719. The standard InChI is InChI=1S/C20H21N3O/c1-19-12-7-13-23(19)17-11-6-4-9-15(17)21-20(19)14-8-3-5-10-16(14)22(2)18(20)24/h3-6,8-11,21H,7,12-13H2,1-2H3. The highest BCUT2D eigenvalue weighted by Crippen LogP contribution is 2.58. The third-order valence-electron chi connectivity index (χ3n) is 6.26. The highest BCUT2D eigenvalue weighted by Gasteiger charge is 2.66. The fraction of sp³-hybridized carbons (Fsp3) is 0.350. The predicted octanol–water partition coefficient (Wildman–Crippen LogP) is 3.34. The van der Waals surface area contributed by atoms with E-state index in [0.29, 0.717) is 0 Å². The fourth-order valence-electron chi connectivity index (χ4n) is 5.09. The van der Waals surface area contributed by atoms with Crippen LogP contribution in [-0.2, 0) is 10.3 Å². The first kappa shape index (κ1) is 13.9. The Hall–Kier alpha value is -2.49. The zero-order chi connectivity index (χ0) is 16.5. The van der Waals surface area contributed by atoms with Gasteiger partial charge in [0.15, 0.2) is 5.54 Å². The normalized spacial score (nSPS) is 30.2. The maximum atomic E-state index is 13.5. The van der Waals surface area contributed by atoms with E-state index in [1.54, 1.807) is 0 Å². The van der Waals surface area contributed by atoms with Crippen LogP contribution in [0, 0.1) is 0 Å². The second-order valence-corrected chi connectivity index (χ2v) is 7.30. The lowest BCUT2D eigenvalue weighted by Crippen LogP contribution is -2.67. The molecule has 3 aliphatic rings. The number of amides is 1. The first-order valence-corrected chi connectivity index (χ1v) is 8.62. The van der Waals surface area contributed by atoms with Crippen LogP contribution >= 0.6 is 0 Å². The van der Waals surface area contributed by atoms with Crippen molar-refractivity contribution in [2.75, 3.05) is 28.7 Å². The largest absolute Gasteiger partial charge is 0.364 e. The van der Waals surface area contributed by atoms with Gasteiger partial charge in [0.05, 0.1) is 16.9 Å². The molecule has 1 N–H and O–H groups in total. The third kappa shape index (κ3) is 1.34. The van der Waals surface area contributed by atoms with E-state index < -0.39 is 5.54 Å². The van der Waals surface area contributed by atoms with Crippen LogP contribution in [0.1, 0.15) is 25.3 Å². The molecular formula is C20H21N3O. The molecule has 2 unspecified atom stereocenters. The number of nitrogens with one attached hydrogen (secondary N) is 1. The Morgan fingerprint density at radius 2 is 1.75 bits per heavy atom. The van der Waals surface area contributed by atoms with Gasteiger partial charge in [-0.1, -0.05) is 30.3 Å². The molecule has 0 radical (unpaired) electrons. The highest BCUT2D eigenvalue weighted by molar-refractivity contribution is 6.12. The quantitative estimate of drug-likeness (QED) is 0.809. The summed E-state index contributed by atoms with van der Waals surface area (Å²) in [6.45, 7) is 3.24. The van der Waals surface area contributed by atoms with E-state index in [9.17, 15) is 4.79 Å². The van der Waals surface area contributed by atoms with E-state index in [4.69, 9.17) is 0 Å². The Morgan fingerprint density at radius 3 is 2.58 bits per heavy atom. The van der Waals surface area contributed by atoms with Crippen molar-refractivity contribution in [2.24, 2.45) is 0 Å². The summed E-state index contributed by atoms with van der Waals surface area (Å²) in [5.74, 6) is 0.146. The minimum Gasteiger partial charge on any atom is -0.364 e. The van der Waals surface area contributed by atoms with Crippen LogP contribution in [0.5, 0.6) is 0 Å². The first-order chi connectivity index (χ1) is 11.6. The molecule has 0 saturated carbocycles. The Morgan fingerprint density at radius 1 is 1.04 bits per heavy atom. The fourth-order valence-corrected chi connectivity index (χ4v) is 5.09. The number of para-hydroxylation sites is 3. The SMILES string of the molecule is CN1C(=O)C2(Nc3ccccc3N3CCCC32C)c2ccccc21. The summed E-state index contributed by atoms with van der Waals surface area (Å²) < 4.78 is 0. The van der Waals surface area contributed by atoms with Crippen molar-refractivity contribution in [3.8, 4) is 0 Å². The number of anilines is 3. The summed E-state index contributed by atoms with van der Waals surface area (Å²) in [7, 11) is 1.89. The maximum Gasteiger partial charge on any atom is 0.259 e. The van der Waals surface area contributed by atoms with Gasteiger partial charge >= 0.3 is 0 Å². The lowest BCUT2D eigenvalue weighted by molar-refractivity contribution is -0.124. The summed E-state index contributed by atoms with van der Waals surface area (Å²) in [5.41, 5.74) is 3.39. The lowest BCUT2D eigenvalue weighted by Gasteiger charge is -2.54. The van der Waals surface area contributed by atoms with Crippen molar-refractivity contribution in [3.05, 3.63) is 54.1 Å². The zero-order valence-corrected chi connectivity index (χ0v) is 14.0. The monoisotopic (exact) mass is 319 g/mol. The number of likely N-dealkylation sites (N-methyl/N-ethyl adjacent to an activating group) is 1. The Bertz CT molecular complexity index is 863. The number of carbonyl (C=O) groups is 1. The third-order valence-corrected chi connectivity index (χ3v) is 6.26. The topological polar surface area (TPSA) is 35.6 Å². The summed E-state index contributed by atoms with van der Waals surface area (Å²) in [4.78, 5) is 17.8. The van der Waals surface area contributed by atoms with Crippen LogP contribution in [0.2, 0.25) is 0 Å². The van der Waals surface area contributed by atoms with Gasteiger partial charge in [-0.3, -0.25) is 4.79 Å². The molecule has 1 amide bonds. The van der Waals surface area contributed by atoms with Gasteiger partial charge in [0.25, 0.3) is 5.91 Å².